The number of nitrogens with one attached hydrogen (secondary N) is 1. The quantitative estimate of drug-likeness (QED) is 0.643. The Bertz CT molecular complexity index is 724. The first kappa shape index (κ1) is 17.5. The largest absolute Gasteiger partial charge is 0.457 e. The molecule has 1 N–H and O–H groups in total. The van der Waals surface area contributed by atoms with Crippen molar-refractivity contribution in [2.75, 3.05) is 5.32 Å². The number of ether oxygens (including phenoxy) is 1. The summed E-state index contributed by atoms with van der Waals surface area (Å²) in [6, 6.07) is 21.9. The van der Waals surface area contributed by atoms with Crippen LogP contribution in [0.25, 0.3) is 0 Å². The van der Waals surface area contributed by atoms with Gasteiger partial charge in [-0.1, -0.05) is 50.2 Å². The molecule has 1 heterocycles. The molecule has 0 saturated heterocycles. The van der Waals surface area contributed by atoms with Gasteiger partial charge in [0.2, 0.25) is 0 Å². The van der Waals surface area contributed by atoms with Crippen molar-refractivity contribution in [3.8, 4) is 11.5 Å². The topological polar surface area (TPSA) is 34.1 Å². The molecule has 0 spiro atoms. The van der Waals surface area contributed by atoms with Crippen LogP contribution in [0.3, 0.4) is 0 Å². The third-order valence-corrected chi connectivity index (χ3v) is 3.26. The van der Waals surface area contributed by atoms with E-state index in [1.807, 2.05) is 87.6 Å². The highest BCUT2D eigenvalue weighted by Gasteiger charge is 2.00. The summed E-state index contributed by atoms with van der Waals surface area (Å²) < 4.78 is 5.84. The molecule has 0 aliphatic carbocycles. The van der Waals surface area contributed by atoms with Crippen molar-refractivity contribution in [1.82, 2.24) is 4.98 Å². The van der Waals surface area contributed by atoms with Crippen LogP contribution in [0.2, 0.25) is 0 Å². The van der Waals surface area contributed by atoms with Gasteiger partial charge in [0.25, 0.3) is 0 Å². The van der Waals surface area contributed by atoms with E-state index in [0.717, 1.165) is 28.4 Å². The van der Waals surface area contributed by atoms with Gasteiger partial charge in [-0.3, -0.25) is 0 Å². The number of para-hydroxylation sites is 1. The molecule has 3 heteroatoms. The van der Waals surface area contributed by atoms with Crippen LogP contribution >= 0.6 is 0 Å². The van der Waals surface area contributed by atoms with Gasteiger partial charge in [0.1, 0.15) is 17.3 Å². The molecule has 3 rings (SSSR count). The maximum Gasteiger partial charge on any atom is 0.127 e. The van der Waals surface area contributed by atoms with E-state index in [1.54, 1.807) is 0 Å². The molecule has 0 atom stereocenters. The van der Waals surface area contributed by atoms with Gasteiger partial charge in [0.15, 0.2) is 0 Å². The van der Waals surface area contributed by atoms with Crippen LogP contribution < -0.4 is 10.1 Å². The van der Waals surface area contributed by atoms with E-state index < -0.39 is 0 Å². The Labute approximate surface area is 144 Å². The van der Waals surface area contributed by atoms with E-state index in [9.17, 15) is 0 Å². The Morgan fingerprint density at radius 1 is 0.875 bits per heavy atom. The lowest BCUT2D eigenvalue weighted by molar-refractivity contribution is 0.482. The molecule has 0 fully saturated rings. The molecule has 0 unspecified atom stereocenters. The lowest BCUT2D eigenvalue weighted by Gasteiger charge is -2.09. The summed E-state index contributed by atoms with van der Waals surface area (Å²) in [5.74, 6) is 2.55. The highest BCUT2D eigenvalue weighted by atomic mass is 16.5. The van der Waals surface area contributed by atoms with E-state index in [2.05, 4.69) is 16.4 Å². The number of anilines is 1. The number of nitrogens with zero attached hydrogens (tertiary/aromatic N) is 1. The van der Waals surface area contributed by atoms with Crippen molar-refractivity contribution < 1.29 is 4.74 Å². The van der Waals surface area contributed by atoms with E-state index >= 15 is 0 Å². The Kier molecular flexibility index (Phi) is 6.84. The first-order valence-electron chi connectivity index (χ1n) is 8.28. The van der Waals surface area contributed by atoms with Crippen molar-refractivity contribution in [3.05, 3.63) is 84.1 Å². The second-order valence-corrected chi connectivity index (χ2v) is 5.14. The van der Waals surface area contributed by atoms with Gasteiger partial charge in [-0.2, -0.15) is 0 Å². The summed E-state index contributed by atoms with van der Waals surface area (Å²) in [6.07, 6.45) is 1.86. The predicted molar refractivity (Wildman–Crippen MR) is 101 cm³/mol. The lowest BCUT2D eigenvalue weighted by Crippen LogP contribution is -2.01. The molecule has 0 aliphatic heterocycles. The number of hydrogen-bond donors (Lipinski definition) is 1. The van der Waals surface area contributed by atoms with Crippen LogP contribution in [0.15, 0.2) is 72.9 Å². The highest BCUT2D eigenvalue weighted by molar-refractivity contribution is 5.39. The molecule has 0 aliphatic rings. The molecule has 1 aromatic heterocycles. The molecular formula is C21H24N2O. The first-order valence-corrected chi connectivity index (χ1v) is 8.28. The molecule has 124 valence electrons. The second kappa shape index (κ2) is 9.36. The monoisotopic (exact) mass is 320 g/mol. The minimum atomic E-state index is 0.710. The minimum Gasteiger partial charge on any atom is -0.457 e. The van der Waals surface area contributed by atoms with Crippen molar-refractivity contribution in [2.24, 2.45) is 0 Å². The minimum absolute atomic E-state index is 0.710. The average molecular weight is 320 g/mol. The third kappa shape index (κ3) is 5.43. The number of hydrogen-bond acceptors (Lipinski definition) is 3. The van der Waals surface area contributed by atoms with Gasteiger partial charge in [0.05, 0.1) is 0 Å². The molecule has 3 nitrogen and oxygen atoms in total. The van der Waals surface area contributed by atoms with Crippen LogP contribution in [0.5, 0.6) is 11.5 Å². The van der Waals surface area contributed by atoms with E-state index in [1.165, 1.54) is 0 Å². The van der Waals surface area contributed by atoms with Gasteiger partial charge in [-0.25, -0.2) is 4.98 Å². The summed E-state index contributed by atoms with van der Waals surface area (Å²) in [7, 11) is 0. The van der Waals surface area contributed by atoms with Crippen molar-refractivity contribution in [3.63, 3.8) is 0 Å². The summed E-state index contributed by atoms with van der Waals surface area (Å²) in [5.41, 5.74) is 2.31. The summed E-state index contributed by atoms with van der Waals surface area (Å²) in [6.45, 7) is 6.74. The number of pyridine rings is 1. The van der Waals surface area contributed by atoms with Crippen LogP contribution in [-0.4, -0.2) is 4.98 Å². The number of aromatic nitrogens is 1. The number of rotatable bonds is 5. The normalized spacial score (nSPS) is 9.62. The molecule has 0 saturated carbocycles. The van der Waals surface area contributed by atoms with E-state index in [4.69, 9.17) is 4.74 Å². The fraction of sp³-hybridized carbons (Fsp3) is 0.190. The standard InChI is InChI=1S/C19H18N2O.C2H6/c1-15-10-11-19(20-13-15)21-14-16-6-5-9-18(12-16)22-17-7-3-2-4-8-17;1-2/h2-13H,14H2,1H3,(H,20,21);1-2H3. The van der Waals surface area contributed by atoms with Gasteiger partial charge >= 0.3 is 0 Å². The average Bonchev–Trinajstić information content (AvgIpc) is 2.64. The first-order chi connectivity index (χ1) is 11.8. The van der Waals surface area contributed by atoms with Gasteiger partial charge < -0.3 is 10.1 Å². The molecule has 0 amide bonds. The highest BCUT2D eigenvalue weighted by Crippen LogP contribution is 2.22. The zero-order chi connectivity index (χ0) is 17.2. The molecular weight excluding hydrogens is 296 g/mol. The fourth-order valence-corrected chi connectivity index (χ4v) is 2.11. The zero-order valence-corrected chi connectivity index (χ0v) is 14.5. The van der Waals surface area contributed by atoms with Gasteiger partial charge in [0, 0.05) is 12.7 Å². The van der Waals surface area contributed by atoms with E-state index in [-0.39, 0.29) is 0 Å². The van der Waals surface area contributed by atoms with Crippen LogP contribution in [0, 0.1) is 6.92 Å². The summed E-state index contributed by atoms with van der Waals surface area (Å²) >= 11 is 0. The maximum absolute atomic E-state index is 5.84. The third-order valence-electron chi connectivity index (χ3n) is 3.26. The number of aryl methyl sites for hydroxylation is 1. The summed E-state index contributed by atoms with van der Waals surface area (Å²) in [4.78, 5) is 4.34. The van der Waals surface area contributed by atoms with Crippen molar-refractivity contribution in [1.29, 1.82) is 0 Å². The molecule has 3 aromatic rings. The molecule has 24 heavy (non-hydrogen) atoms. The summed E-state index contributed by atoms with van der Waals surface area (Å²) in [5, 5.41) is 3.31. The lowest BCUT2D eigenvalue weighted by atomic mass is 10.2. The van der Waals surface area contributed by atoms with Crippen molar-refractivity contribution in [2.45, 2.75) is 27.3 Å². The van der Waals surface area contributed by atoms with Crippen molar-refractivity contribution >= 4 is 5.82 Å². The smallest absolute Gasteiger partial charge is 0.127 e. The SMILES string of the molecule is CC.Cc1ccc(NCc2cccc(Oc3ccccc3)c2)nc1. The van der Waals surface area contributed by atoms with Crippen LogP contribution in [0.1, 0.15) is 25.0 Å². The second-order valence-electron chi connectivity index (χ2n) is 5.14. The predicted octanol–water partition coefficient (Wildman–Crippen LogP) is 5.82. The molecule has 0 bridgehead atoms. The maximum atomic E-state index is 5.84. The van der Waals surface area contributed by atoms with Gasteiger partial charge in [-0.15, -0.1) is 0 Å². The Hall–Kier alpha value is -2.81. The van der Waals surface area contributed by atoms with Crippen LogP contribution in [-0.2, 0) is 6.54 Å². The number of benzene rings is 2. The van der Waals surface area contributed by atoms with Crippen LogP contribution in [0.4, 0.5) is 5.82 Å². The Morgan fingerprint density at radius 2 is 1.62 bits per heavy atom. The van der Waals surface area contributed by atoms with Gasteiger partial charge in [-0.05, 0) is 48.4 Å². The fourth-order valence-electron chi connectivity index (χ4n) is 2.11. The molecule has 2 aromatic carbocycles. The van der Waals surface area contributed by atoms with E-state index in [0.29, 0.717) is 6.54 Å². The Balaban J connectivity index is 0.00000100. The molecule has 0 radical (unpaired) electrons. The zero-order valence-electron chi connectivity index (χ0n) is 14.5. The Morgan fingerprint density at radius 3 is 2.33 bits per heavy atom.